The number of rotatable bonds is 58. The van der Waals surface area contributed by atoms with E-state index in [9.17, 15) is 19.5 Å². The molecule has 0 aliphatic rings. The van der Waals surface area contributed by atoms with Crippen LogP contribution >= 0.6 is 0 Å². The molecule has 9 nitrogen and oxygen atoms in total. The van der Waals surface area contributed by atoms with Gasteiger partial charge in [-0.1, -0.05) is 274 Å². The van der Waals surface area contributed by atoms with Crippen LogP contribution in [0.1, 0.15) is 284 Å². The fourth-order valence-corrected chi connectivity index (χ4v) is 8.98. The van der Waals surface area contributed by atoms with Crippen LogP contribution in [0.3, 0.4) is 0 Å². The second kappa shape index (κ2) is 57.2. The summed E-state index contributed by atoms with van der Waals surface area (Å²) in [5, 5.41) is 9.71. The van der Waals surface area contributed by atoms with Gasteiger partial charge >= 0.3 is 17.9 Å². The molecule has 0 aliphatic heterocycles. The number of ether oxygens (including phenoxy) is 4. The van der Waals surface area contributed by atoms with Gasteiger partial charge in [-0.2, -0.15) is 0 Å². The molecule has 0 rings (SSSR count). The monoisotopic (exact) mass is 1050 g/mol. The molecule has 0 heterocycles. The SMILES string of the molecule is CC/C=C\C/C=C\C/C=C\C/C=C\C/C=C\CCCCCCCC(=O)OC(COC(=O)CCCCCCCCCCCCCCCCCCCCCCCCCCCCCCC)COC(OCC[N+](C)(C)C)C(=O)O. The van der Waals surface area contributed by atoms with E-state index in [2.05, 4.69) is 74.6 Å². The molecule has 0 spiro atoms. The van der Waals surface area contributed by atoms with Crippen molar-refractivity contribution in [1.82, 2.24) is 0 Å². The Balaban J connectivity index is 4.16. The zero-order valence-corrected chi connectivity index (χ0v) is 49.7. The number of carboxylic acid groups (broad SMARTS) is 1. The van der Waals surface area contributed by atoms with Crippen molar-refractivity contribution in [2.45, 2.75) is 296 Å². The highest BCUT2D eigenvalue weighted by molar-refractivity contribution is 5.71. The summed E-state index contributed by atoms with van der Waals surface area (Å²) < 4.78 is 22.9. The first-order valence-electron chi connectivity index (χ1n) is 31.5. The normalized spacial score (nSPS) is 13.1. The Morgan fingerprint density at radius 3 is 1.13 bits per heavy atom. The van der Waals surface area contributed by atoms with Crippen molar-refractivity contribution in [1.29, 1.82) is 0 Å². The van der Waals surface area contributed by atoms with Crippen molar-refractivity contribution in [2.75, 3.05) is 47.5 Å². The number of esters is 2. The molecule has 0 aromatic carbocycles. The molecular weight excluding hydrogens is 935 g/mol. The average Bonchev–Trinajstić information content (AvgIpc) is 3.38. The molecule has 1 N–H and O–H groups in total. The standard InChI is InChI=1S/C66H119NO8/c1-6-8-10-12-14-16-18-20-22-24-26-28-29-30-31-32-33-34-35-37-38-40-42-44-46-48-50-52-54-56-63(68)73-60-62(61-74-66(65(70)71)72-59-58-67(3,4)5)75-64(69)57-55-53-51-49-47-45-43-41-39-36-27-25-23-21-19-17-15-13-11-9-7-2/h9,11,15,17,21,23,27,36,41,43,62,66H,6-8,10,12-14,16,18-20,22,24-26,28-35,37-40,42,44-61H2,1-5H3/p+1/b11-9-,17-15-,23-21-,36-27-,43-41-. The third kappa shape index (κ3) is 58.5. The zero-order valence-electron chi connectivity index (χ0n) is 49.7. The highest BCUT2D eigenvalue weighted by atomic mass is 16.7. The molecule has 0 amide bonds. The van der Waals surface area contributed by atoms with Crippen LogP contribution in [0.5, 0.6) is 0 Å². The van der Waals surface area contributed by atoms with Crippen molar-refractivity contribution in [2.24, 2.45) is 0 Å². The van der Waals surface area contributed by atoms with E-state index in [0.717, 1.165) is 83.5 Å². The van der Waals surface area contributed by atoms with Crippen molar-refractivity contribution in [3.63, 3.8) is 0 Å². The van der Waals surface area contributed by atoms with Crippen LogP contribution < -0.4 is 0 Å². The minimum absolute atomic E-state index is 0.182. The molecule has 0 aromatic heterocycles. The second-order valence-corrected chi connectivity index (χ2v) is 22.3. The average molecular weight is 1060 g/mol. The Kier molecular flexibility index (Phi) is 54.9. The second-order valence-electron chi connectivity index (χ2n) is 22.3. The molecule has 0 radical (unpaired) electrons. The topological polar surface area (TPSA) is 108 Å². The van der Waals surface area contributed by atoms with Gasteiger partial charge in [-0.3, -0.25) is 9.59 Å². The fraction of sp³-hybridized carbons (Fsp3) is 0.803. The van der Waals surface area contributed by atoms with Gasteiger partial charge in [-0.25, -0.2) is 4.79 Å². The van der Waals surface area contributed by atoms with Crippen molar-refractivity contribution >= 4 is 17.9 Å². The summed E-state index contributed by atoms with van der Waals surface area (Å²) in [6.45, 7) is 4.78. The van der Waals surface area contributed by atoms with Gasteiger partial charge in [-0.15, -0.1) is 0 Å². The summed E-state index contributed by atoms with van der Waals surface area (Å²) in [5.41, 5.74) is 0. The van der Waals surface area contributed by atoms with Gasteiger partial charge < -0.3 is 28.5 Å². The van der Waals surface area contributed by atoms with Gasteiger partial charge in [0.05, 0.1) is 34.4 Å². The number of hydrogen-bond donors (Lipinski definition) is 1. The first-order chi connectivity index (χ1) is 36.6. The van der Waals surface area contributed by atoms with E-state index >= 15 is 0 Å². The molecule has 0 fully saturated rings. The quantitative estimate of drug-likeness (QED) is 0.0211. The highest BCUT2D eigenvalue weighted by Gasteiger charge is 2.25. The lowest BCUT2D eigenvalue weighted by Gasteiger charge is -2.25. The first-order valence-corrected chi connectivity index (χ1v) is 31.5. The predicted octanol–water partition coefficient (Wildman–Crippen LogP) is 18.8. The molecular formula is C66H120NO8+. The minimum atomic E-state index is -1.52. The van der Waals surface area contributed by atoms with E-state index in [1.807, 2.05) is 21.1 Å². The predicted molar refractivity (Wildman–Crippen MR) is 318 cm³/mol. The van der Waals surface area contributed by atoms with Crippen LogP contribution in [0, 0.1) is 0 Å². The molecule has 75 heavy (non-hydrogen) atoms. The molecule has 0 aliphatic carbocycles. The van der Waals surface area contributed by atoms with Crippen molar-refractivity contribution < 1.29 is 42.9 Å². The maximum Gasteiger partial charge on any atom is 0.361 e. The van der Waals surface area contributed by atoms with Crippen LogP contribution in [0.4, 0.5) is 0 Å². The number of aliphatic carboxylic acids is 1. The number of nitrogens with zero attached hydrogens (tertiary/aromatic N) is 1. The van der Waals surface area contributed by atoms with E-state index in [-0.39, 0.29) is 32.2 Å². The summed E-state index contributed by atoms with van der Waals surface area (Å²) in [4.78, 5) is 37.5. The van der Waals surface area contributed by atoms with Crippen LogP contribution in [0.15, 0.2) is 60.8 Å². The lowest BCUT2D eigenvalue weighted by Crippen LogP contribution is -2.40. The number of allylic oxidation sites excluding steroid dienone is 10. The van der Waals surface area contributed by atoms with Crippen LogP contribution in [-0.4, -0.2) is 87.4 Å². The third-order valence-electron chi connectivity index (χ3n) is 13.8. The van der Waals surface area contributed by atoms with Crippen LogP contribution in [0.2, 0.25) is 0 Å². The van der Waals surface area contributed by atoms with Crippen LogP contribution in [0.25, 0.3) is 0 Å². The van der Waals surface area contributed by atoms with Gasteiger partial charge in [-0.05, 0) is 57.8 Å². The number of quaternary nitrogens is 1. The minimum Gasteiger partial charge on any atom is -0.477 e. The largest absolute Gasteiger partial charge is 0.477 e. The number of unbranched alkanes of at least 4 members (excludes halogenated alkanes) is 33. The van der Waals surface area contributed by atoms with E-state index in [4.69, 9.17) is 18.9 Å². The van der Waals surface area contributed by atoms with Gasteiger partial charge in [0.15, 0.2) is 6.10 Å². The summed E-state index contributed by atoms with van der Waals surface area (Å²) >= 11 is 0. The molecule has 0 aromatic rings. The number of carboxylic acids is 1. The number of carbonyl (C=O) groups excluding carboxylic acids is 2. The van der Waals surface area contributed by atoms with E-state index in [1.165, 1.54) is 167 Å². The fourth-order valence-electron chi connectivity index (χ4n) is 8.98. The summed E-state index contributed by atoms with van der Waals surface area (Å²) in [6.07, 6.45) is 70.3. The smallest absolute Gasteiger partial charge is 0.361 e. The molecule has 436 valence electrons. The maximum absolute atomic E-state index is 12.9. The molecule has 0 saturated heterocycles. The van der Waals surface area contributed by atoms with Crippen LogP contribution in [-0.2, 0) is 33.3 Å². The van der Waals surface area contributed by atoms with E-state index in [1.54, 1.807) is 0 Å². The summed E-state index contributed by atoms with van der Waals surface area (Å²) in [6, 6.07) is 0. The number of carbonyl (C=O) groups is 3. The number of hydrogen-bond acceptors (Lipinski definition) is 7. The highest BCUT2D eigenvalue weighted by Crippen LogP contribution is 2.18. The van der Waals surface area contributed by atoms with Gasteiger partial charge in [0.1, 0.15) is 13.2 Å². The van der Waals surface area contributed by atoms with Gasteiger partial charge in [0.25, 0.3) is 6.29 Å². The van der Waals surface area contributed by atoms with E-state index in [0.29, 0.717) is 23.9 Å². The Morgan fingerprint density at radius 1 is 0.413 bits per heavy atom. The van der Waals surface area contributed by atoms with E-state index < -0.39 is 24.3 Å². The molecule has 0 saturated carbocycles. The lowest BCUT2D eigenvalue weighted by atomic mass is 10.0. The first kappa shape index (κ1) is 72.0. The molecule has 2 atom stereocenters. The molecule has 2 unspecified atom stereocenters. The Bertz CT molecular complexity index is 1410. The Morgan fingerprint density at radius 2 is 0.760 bits per heavy atom. The summed E-state index contributed by atoms with van der Waals surface area (Å²) in [7, 11) is 5.97. The maximum atomic E-state index is 12.9. The Hall–Kier alpha value is -3.01. The lowest BCUT2D eigenvalue weighted by molar-refractivity contribution is -0.870. The molecule has 9 heteroatoms. The summed E-state index contributed by atoms with van der Waals surface area (Å²) in [5.74, 6) is -2.02. The molecule has 0 bridgehead atoms. The van der Waals surface area contributed by atoms with Crippen molar-refractivity contribution in [3.8, 4) is 0 Å². The third-order valence-corrected chi connectivity index (χ3v) is 13.8. The zero-order chi connectivity index (χ0) is 54.8. The Labute approximate surface area is 463 Å². The van der Waals surface area contributed by atoms with Gasteiger partial charge in [0.2, 0.25) is 0 Å². The van der Waals surface area contributed by atoms with Gasteiger partial charge in [0, 0.05) is 12.8 Å². The van der Waals surface area contributed by atoms with Crippen molar-refractivity contribution in [3.05, 3.63) is 60.8 Å². The number of likely N-dealkylation sites (N-methyl/N-ethyl adjacent to an activating group) is 1.